The Morgan fingerprint density at radius 2 is 0.859 bits per heavy atom. The van der Waals surface area contributed by atoms with Gasteiger partial charge < -0.3 is 9.47 Å². The van der Waals surface area contributed by atoms with Crippen molar-refractivity contribution in [3.05, 3.63) is 191 Å². The highest BCUT2D eigenvalue weighted by Crippen LogP contribution is 2.60. The minimum Gasteiger partial charge on any atom is -0.456 e. The van der Waals surface area contributed by atoms with Crippen molar-refractivity contribution in [2.24, 2.45) is 0 Å². The first-order valence-electron chi connectivity index (χ1n) is 22.9. The van der Waals surface area contributed by atoms with E-state index >= 15 is 0 Å². The van der Waals surface area contributed by atoms with Crippen molar-refractivity contribution in [2.45, 2.75) is 70.9 Å². The smallest absolute Gasteiger partial charge is 0.139 e. The van der Waals surface area contributed by atoms with Crippen molar-refractivity contribution in [1.29, 1.82) is 0 Å². The standard InChI is InChI=1S/C61H50O2Si/c1-59(2)43-24-14-13-22-40(43)55-46(59)32-33-51-58(55)63-56-42(23-17-27-50(56)64(51,7)8)53-38-20-11-9-18-36(38)52(37-19-10-12-21-39(37)53)35-28-29-41-48(34-35)61(5,6)45-30-31-47-57(54(41)45)62-49-26-16-15-25-44(49)60(47,3)4/h9-34H,1-8H3. The number of rotatable bonds is 2. The van der Waals surface area contributed by atoms with Gasteiger partial charge in [0.05, 0.1) is 0 Å². The molecule has 0 N–H and O–H groups in total. The molecule has 3 heteroatoms. The quantitative estimate of drug-likeness (QED) is 0.127. The number of hydrogen-bond acceptors (Lipinski definition) is 2. The molecule has 2 aliphatic carbocycles. The van der Waals surface area contributed by atoms with E-state index in [0.29, 0.717) is 0 Å². The van der Waals surface area contributed by atoms with Crippen molar-refractivity contribution >= 4 is 40.0 Å². The summed E-state index contributed by atoms with van der Waals surface area (Å²) in [5.41, 5.74) is 17.3. The van der Waals surface area contributed by atoms with Gasteiger partial charge in [0.1, 0.15) is 31.1 Å². The van der Waals surface area contributed by atoms with Crippen molar-refractivity contribution in [2.75, 3.05) is 0 Å². The number of hydrogen-bond donors (Lipinski definition) is 0. The van der Waals surface area contributed by atoms with Gasteiger partial charge >= 0.3 is 0 Å². The average Bonchev–Trinajstić information content (AvgIpc) is 3.67. The van der Waals surface area contributed by atoms with E-state index in [-0.39, 0.29) is 16.2 Å². The van der Waals surface area contributed by atoms with Gasteiger partial charge in [-0.15, -0.1) is 0 Å². The lowest BCUT2D eigenvalue weighted by molar-refractivity contribution is 0.419. The third kappa shape index (κ3) is 4.70. The van der Waals surface area contributed by atoms with E-state index in [2.05, 4.69) is 212 Å². The van der Waals surface area contributed by atoms with Crippen LogP contribution in [0.15, 0.2) is 158 Å². The summed E-state index contributed by atoms with van der Waals surface area (Å²) in [7, 11) is -2.22. The molecule has 2 aliphatic heterocycles. The second-order valence-corrected chi connectivity index (χ2v) is 25.1. The zero-order chi connectivity index (χ0) is 43.7. The van der Waals surface area contributed by atoms with E-state index in [0.717, 1.165) is 28.6 Å². The molecule has 64 heavy (non-hydrogen) atoms. The SMILES string of the molecule is CC1(C)c2ccccc2Oc2c1ccc1c2-c2ccc(-c3c4ccccc4c(-c4cccc5c4Oc4c(ccc6c4-c4ccccc4C6(C)C)[Si]5(C)C)c4ccccc34)cc2C1(C)C. The maximum Gasteiger partial charge on any atom is 0.139 e. The fourth-order valence-electron chi connectivity index (χ4n) is 12.5. The second-order valence-electron chi connectivity index (χ2n) is 20.8. The molecule has 2 heterocycles. The summed E-state index contributed by atoms with van der Waals surface area (Å²) in [5.74, 6) is 4.02. The summed E-state index contributed by atoms with van der Waals surface area (Å²) in [4.78, 5) is 0. The molecule has 0 radical (unpaired) electrons. The topological polar surface area (TPSA) is 18.5 Å². The molecule has 0 saturated carbocycles. The molecule has 9 aromatic rings. The van der Waals surface area contributed by atoms with E-state index in [1.54, 1.807) is 0 Å². The summed E-state index contributed by atoms with van der Waals surface area (Å²) in [6.45, 7) is 19.1. The lowest BCUT2D eigenvalue weighted by atomic mass is 9.74. The molecule has 0 bridgehead atoms. The Morgan fingerprint density at radius 3 is 1.58 bits per heavy atom. The van der Waals surface area contributed by atoms with E-state index in [4.69, 9.17) is 9.47 Å². The van der Waals surface area contributed by atoms with Gasteiger partial charge in [0.2, 0.25) is 0 Å². The third-order valence-electron chi connectivity index (χ3n) is 16.0. The first kappa shape index (κ1) is 37.8. The van der Waals surface area contributed by atoms with Crippen molar-refractivity contribution < 1.29 is 9.47 Å². The van der Waals surface area contributed by atoms with Crippen LogP contribution in [-0.4, -0.2) is 8.07 Å². The van der Waals surface area contributed by atoms with Gasteiger partial charge in [-0.2, -0.15) is 0 Å². The molecule has 9 aromatic carbocycles. The van der Waals surface area contributed by atoms with Crippen LogP contribution in [0.3, 0.4) is 0 Å². The van der Waals surface area contributed by atoms with Crippen LogP contribution < -0.4 is 19.8 Å². The zero-order valence-electron chi connectivity index (χ0n) is 37.8. The molecule has 0 saturated heterocycles. The second kappa shape index (κ2) is 12.5. The molecule has 4 aliphatic rings. The molecule has 310 valence electrons. The monoisotopic (exact) mass is 842 g/mol. The van der Waals surface area contributed by atoms with Crippen molar-refractivity contribution in [3.63, 3.8) is 0 Å². The van der Waals surface area contributed by atoms with Gasteiger partial charge in [0, 0.05) is 49.6 Å². The molecule has 0 aromatic heterocycles. The van der Waals surface area contributed by atoms with E-state index < -0.39 is 8.07 Å². The maximum atomic E-state index is 7.50. The highest BCUT2D eigenvalue weighted by atomic mass is 28.3. The third-order valence-corrected chi connectivity index (χ3v) is 19.5. The van der Waals surface area contributed by atoms with Crippen molar-refractivity contribution in [3.8, 4) is 67.5 Å². The predicted octanol–water partition coefficient (Wildman–Crippen LogP) is 15.3. The summed E-state index contributed by atoms with van der Waals surface area (Å²) in [6, 6.07) is 59.2. The van der Waals surface area contributed by atoms with Crippen LogP contribution in [0.4, 0.5) is 0 Å². The largest absolute Gasteiger partial charge is 0.456 e. The van der Waals surface area contributed by atoms with Crippen LogP contribution in [0.1, 0.15) is 74.9 Å². The Hall–Kier alpha value is -6.68. The van der Waals surface area contributed by atoms with Gasteiger partial charge in [-0.1, -0.05) is 200 Å². The minimum absolute atomic E-state index is 0.107. The highest BCUT2D eigenvalue weighted by molar-refractivity contribution is 7.02. The van der Waals surface area contributed by atoms with Crippen LogP contribution in [0, 0.1) is 0 Å². The predicted molar refractivity (Wildman–Crippen MR) is 269 cm³/mol. The van der Waals surface area contributed by atoms with Crippen LogP contribution in [0.25, 0.3) is 66.1 Å². The average molecular weight is 843 g/mol. The molecule has 0 amide bonds. The molecule has 13 rings (SSSR count). The minimum atomic E-state index is -2.22. The lowest BCUT2D eigenvalue weighted by Crippen LogP contribution is -2.56. The Morgan fingerprint density at radius 1 is 0.344 bits per heavy atom. The number of benzene rings is 9. The first-order chi connectivity index (χ1) is 30.8. The summed E-state index contributed by atoms with van der Waals surface area (Å²) < 4.78 is 14.4. The van der Waals surface area contributed by atoms with Gasteiger partial charge in [-0.05, 0) is 88.6 Å². The number of para-hydroxylation sites is 2. The molecule has 0 fully saturated rings. The zero-order valence-corrected chi connectivity index (χ0v) is 38.8. The molecule has 0 spiro atoms. The Labute approximate surface area is 377 Å². The molecular weight excluding hydrogens is 793 g/mol. The van der Waals surface area contributed by atoms with Gasteiger partial charge in [-0.25, -0.2) is 0 Å². The summed E-state index contributed by atoms with van der Waals surface area (Å²) >= 11 is 0. The molecule has 2 nitrogen and oxygen atoms in total. The first-order valence-corrected chi connectivity index (χ1v) is 25.9. The molecule has 0 atom stereocenters. The fraction of sp³-hybridized carbons (Fsp3) is 0.180. The number of ether oxygens (including phenoxy) is 2. The van der Waals surface area contributed by atoms with Gasteiger partial charge in [0.15, 0.2) is 0 Å². The number of fused-ring (bicyclic) bond motifs is 14. The maximum absolute atomic E-state index is 7.50. The molecule has 0 unspecified atom stereocenters. The normalized spacial score (nSPS) is 16.9. The van der Waals surface area contributed by atoms with Crippen LogP contribution in [0.5, 0.6) is 23.0 Å². The lowest BCUT2D eigenvalue weighted by Gasteiger charge is -2.36. The highest BCUT2D eigenvalue weighted by Gasteiger charge is 2.46. The van der Waals surface area contributed by atoms with Crippen LogP contribution in [-0.2, 0) is 16.2 Å². The van der Waals surface area contributed by atoms with Crippen LogP contribution >= 0.6 is 0 Å². The van der Waals surface area contributed by atoms with E-state index in [9.17, 15) is 0 Å². The summed E-state index contributed by atoms with van der Waals surface area (Å²) in [5, 5.41) is 7.66. The fourth-order valence-corrected chi connectivity index (χ4v) is 15.3. The van der Waals surface area contributed by atoms with Gasteiger partial charge in [0.25, 0.3) is 0 Å². The Bertz CT molecular complexity index is 3510. The van der Waals surface area contributed by atoms with E-state index in [1.165, 1.54) is 104 Å². The van der Waals surface area contributed by atoms with Crippen LogP contribution in [0.2, 0.25) is 13.1 Å². The summed E-state index contributed by atoms with van der Waals surface area (Å²) in [6.07, 6.45) is 0. The van der Waals surface area contributed by atoms with Gasteiger partial charge in [-0.3, -0.25) is 0 Å². The Kier molecular flexibility index (Phi) is 7.40. The van der Waals surface area contributed by atoms with E-state index in [1.807, 2.05) is 0 Å². The molecular formula is C61H50O2Si. The van der Waals surface area contributed by atoms with Crippen molar-refractivity contribution in [1.82, 2.24) is 0 Å². The Balaban J connectivity index is 1.01.